The first kappa shape index (κ1) is 49.1. The Morgan fingerprint density at radius 1 is 1.06 bits per heavy atom. The van der Waals surface area contributed by atoms with Crippen LogP contribution < -0.4 is 0 Å². The quantitative estimate of drug-likeness (QED) is 0.189. The molecule has 33 heavy (non-hydrogen) atoms. The van der Waals surface area contributed by atoms with Gasteiger partial charge in [0.2, 0.25) is 0 Å². The van der Waals surface area contributed by atoms with Crippen LogP contribution in [-0.4, -0.2) is 35.3 Å². The molecule has 0 saturated heterocycles. The summed E-state index contributed by atoms with van der Waals surface area (Å²) in [5.74, 6) is 0.292. The average Bonchev–Trinajstić information content (AvgIpc) is 2.84. The molecule has 0 bridgehead atoms. The van der Waals surface area contributed by atoms with Crippen LogP contribution in [-0.2, 0) is 51.9 Å². The number of carbonyl (C=O) groups excluding carboxylic acids is 3. The molecule has 1 radical (unpaired) electrons. The van der Waals surface area contributed by atoms with Crippen LogP contribution in [0.15, 0.2) is 29.0 Å². The maximum absolute atomic E-state index is 10.4. The van der Waals surface area contributed by atoms with Crippen LogP contribution in [0.5, 0.6) is 0 Å². The van der Waals surface area contributed by atoms with Gasteiger partial charge in [0.15, 0.2) is 5.78 Å². The van der Waals surface area contributed by atoms with Gasteiger partial charge in [-0.15, -0.1) is 6.58 Å². The number of oxime groups is 1. The van der Waals surface area contributed by atoms with Gasteiger partial charge in [-0.25, -0.2) is 13.2 Å². The SMILES string of the molecule is C.C=C(C)C.CC.CC(=O)C=C(C)C.CC(C)=O.CC1=NOC(C)(C)C1.O=[C-]C(F)(F)F.[Y]. The fourth-order valence-corrected chi connectivity index (χ4v) is 1.29. The standard InChI is InChI=1S/C6H11NO.C6H10O.C4H8.C3H6O.C2F3O.C2H6.CH4.Y/c1-5-4-6(2,3)8-7-5;1-5(2)4-6(3)7;1-4(2)3;1-3(2)4;3-2(4,5)1-6;1-2;;/h4H2,1-3H3;4H,1-3H3;1H2,2-3H3;1-2H3;;1-2H3;1H4;/q;;;;-1;;;. The monoisotopic (exact) mass is 557 g/mol. The van der Waals surface area contributed by atoms with Gasteiger partial charge in [-0.2, -0.15) is 6.29 Å². The van der Waals surface area contributed by atoms with Crippen LogP contribution >= 0.6 is 0 Å². The van der Waals surface area contributed by atoms with Crippen LogP contribution in [0.4, 0.5) is 13.2 Å². The van der Waals surface area contributed by atoms with E-state index in [1.807, 2.05) is 62.3 Å². The van der Waals surface area contributed by atoms with Crippen LogP contribution in [0.1, 0.15) is 96.9 Å². The van der Waals surface area contributed by atoms with Crippen molar-refractivity contribution in [2.24, 2.45) is 5.16 Å². The number of nitrogens with zero attached hydrogens (tertiary/aromatic N) is 1. The predicted molar refractivity (Wildman–Crippen MR) is 130 cm³/mol. The molecule has 0 atom stereocenters. The van der Waals surface area contributed by atoms with E-state index in [1.165, 1.54) is 19.4 Å². The molecule has 0 fully saturated rings. The van der Waals surface area contributed by atoms with Crippen LogP contribution in [0.2, 0.25) is 0 Å². The van der Waals surface area contributed by atoms with E-state index in [2.05, 4.69) is 11.7 Å². The largest absolute Gasteiger partial charge is 0.533 e. The van der Waals surface area contributed by atoms with Crippen molar-refractivity contribution in [2.75, 3.05) is 0 Å². The van der Waals surface area contributed by atoms with E-state index in [4.69, 9.17) is 9.63 Å². The molecular formula is C24H45F3NO4Y-. The summed E-state index contributed by atoms with van der Waals surface area (Å²) in [7, 11) is 0. The summed E-state index contributed by atoms with van der Waals surface area (Å²) in [6.07, 6.45) is -2.33. The summed E-state index contributed by atoms with van der Waals surface area (Å²) in [5, 5.41) is 3.81. The fraction of sp³-hybridized carbons (Fsp3) is 0.667. The second-order valence-corrected chi connectivity index (χ2v) is 7.40. The normalized spacial score (nSPS) is 11.4. The molecule has 0 N–H and O–H groups in total. The van der Waals surface area contributed by atoms with Crippen molar-refractivity contribution >= 4 is 23.6 Å². The number of rotatable bonds is 1. The summed E-state index contributed by atoms with van der Waals surface area (Å²) in [5.41, 5.74) is 3.28. The minimum Gasteiger partial charge on any atom is -0.533 e. The van der Waals surface area contributed by atoms with Crippen molar-refractivity contribution in [3.8, 4) is 0 Å². The molecule has 0 unspecified atom stereocenters. The first-order chi connectivity index (χ1) is 13.8. The molecule has 1 rings (SSSR count). The maximum atomic E-state index is 10.4. The minimum atomic E-state index is -4.76. The van der Waals surface area contributed by atoms with Gasteiger partial charge in [0, 0.05) is 39.1 Å². The number of hydrogen-bond donors (Lipinski definition) is 0. The number of hydrogen-bond acceptors (Lipinski definition) is 5. The van der Waals surface area contributed by atoms with E-state index in [-0.39, 0.29) is 63.6 Å². The van der Waals surface area contributed by atoms with Gasteiger partial charge in [0.05, 0.1) is 5.71 Å². The Labute approximate surface area is 225 Å². The van der Waals surface area contributed by atoms with Crippen LogP contribution in [0.3, 0.4) is 0 Å². The van der Waals surface area contributed by atoms with Crippen LogP contribution in [0.25, 0.3) is 0 Å². The Kier molecular flexibility index (Phi) is 43.0. The Morgan fingerprint density at radius 2 is 1.33 bits per heavy atom. The summed E-state index contributed by atoms with van der Waals surface area (Å²) in [6.45, 7) is 26.0. The number of halogens is 3. The number of alkyl halides is 3. The summed E-state index contributed by atoms with van der Waals surface area (Å²) in [6, 6.07) is 0. The van der Waals surface area contributed by atoms with Gasteiger partial charge < -0.3 is 14.4 Å². The molecule has 5 nitrogen and oxygen atoms in total. The molecule has 0 saturated carbocycles. The zero-order chi connectivity index (χ0) is 26.4. The Morgan fingerprint density at radius 3 is 1.36 bits per heavy atom. The van der Waals surface area contributed by atoms with E-state index >= 15 is 0 Å². The molecule has 0 aromatic heterocycles. The average molecular weight is 558 g/mol. The molecule has 0 aromatic rings. The third-order valence-electron chi connectivity index (χ3n) is 1.74. The molecule has 0 aliphatic carbocycles. The van der Waals surface area contributed by atoms with Crippen molar-refractivity contribution in [1.82, 2.24) is 0 Å². The minimum absolute atomic E-state index is 0. The predicted octanol–water partition coefficient (Wildman–Crippen LogP) is 7.60. The second-order valence-electron chi connectivity index (χ2n) is 7.40. The Balaban J connectivity index is -0.0000000507. The van der Waals surface area contributed by atoms with Crippen molar-refractivity contribution in [3.63, 3.8) is 0 Å². The zero-order valence-corrected chi connectivity index (χ0v) is 24.6. The fourth-order valence-electron chi connectivity index (χ4n) is 1.29. The Bertz CT molecular complexity index is 559. The molecule has 0 spiro atoms. The molecule has 1 heterocycles. The van der Waals surface area contributed by atoms with Gasteiger partial charge >= 0.3 is 0 Å². The molecule has 0 aromatic carbocycles. The molecule has 1 aliphatic rings. The summed E-state index contributed by atoms with van der Waals surface area (Å²) >= 11 is 0. The smallest absolute Gasteiger partial charge is 0.298 e. The number of ketones is 2. The first-order valence-electron chi connectivity index (χ1n) is 9.68. The van der Waals surface area contributed by atoms with Gasteiger partial charge in [-0.05, 0) is 75.3 Å². The van der Waals surface area contributed by atoms with E-state index in [1.54, 1.807) is 13.0 Å². The number of allylic oxidation sites excluding steroid dienone is 3. The molecular weight excluding hydrogens is 512 g/mol. The third kappa shape index (κ3) is 90.4. The van der Waals surface area contributed by atoms with Crippen molar-refractivity contribution in [2.45, 2.75) is 109 Å². The van der Waals surface area contributed by atoms with Gasteiger partial charge in [0.1, 0.15) is 11.4 Å². The second kappa shape index (κ2) is 28.9. The van der Waals surface area contributed by atoms with E-state index in [0.717, 1.165) is 17.7 Å². The Hall–Kier alpha value is -1.15. The van der Waals surface area contributed by atoms with Gasteiger partial charge in [0.25, 0.3) is 6.18 Å². The van der Waals surface area contributed by atoms with Gasteiger partial charge in [-0.1, -0.05) is 37.6 Å². The summed E-state index contributed by atoms with van der Waals surface area (Å²) < 4.78 is 31.1. The summed E-state index contributed by atoms with van der Waals surface area (Å²) in [4.78, 5) is 33.2. The first-order valence-corrected chi connectivity index (χ1v) is 9.68. The topological polar surface area (TPSA) is 72.8 Å². The zero-order valence-electron chi connectivity index (χ0n) is 21.8. The van der Waals surface area contributed by atoms with E-state index in [0.29, 0.717) is 0 Å². The van der Waals surface area contributed by atoms with Crippen molar-refractivity contribution in [3.05, 3.63) is 23.8 Å². The number of Topliss-reactive ketones (excluding diaryl/α,β-unsaturated/α-hetero) is 1. The third-order valence-corrected chi connectivity index (χ3v) is 1.74. The van der Waals surface area contributed by atoms with E-state index in [9.17, 15) is 22.8 Å². The molecule has 0 amide bonds. The molecule has 9 heteroatoms. The molecule has 1 aliphatic heterocycles. The van der Waals surface area contributed by atoms with Crippen LogP contribution in [0, 0.1) is 0 Å². The van der Waals surface area contributed by atoms with Crippen molar-refractivity contribution in [1.29, 1.82) is 0 Å². The van der Waals surface area contributed by atoms with E-state index < -0.39 is 6.18 Å². The maximum Gasteiger partial charge on any atom is 0.298 e. The molecule has 195 valence electrons. The van der Waals surface area contributed by atoms with Gasteiger partial charge in [-0.3, -0.25) is 4.79 Å². The van der Waals surface area contributed by atoms with Crippen molar-refractivity contribution < 1.29 is 65.1 Å². The number of carbonyl (C=O) groups is 2.